The summed E-state index contributed by atoms with van der Waals surface area (Å²) in [6.45, 7) is 1.20. The van der Waals surface area contributed by atoms with Gasteiger partial charge in [-0.2, -0.15) is 5.26 Å². The molecule has 0 rings (SSSR count). The molecule has 0 radical (unpaired) electrons. The Morgan fingerprint density at radius 2 is 2.30 bits per heavy atom. The second kappa shape index (κ2) is 3.91. The topological polar surface area (TPSA) is 61.1 Å². The Hall–Kier alpha value is -1.01. The van der Waals surface area contributed by atoms with Crippen molar-refractivity contribution in [2.75, 3.05) is 5.88 Å². The van der Waals surface area contributed by atoms with Crippen molar-refractivity contribution < 1.29 is 9.90 Å². The van der Waals surface area contributed by atoms with Crippen LogP contribution in [0.4, 0.5) is 0 Å². The first-order valence-electron chi connectivity index (χ1n) is 2.52. The third kappa shape index (κ3) is 2.08. The van der Waals surface area contributed by atoms with Gasteiger partial charge in [-0.25, -0.2) is 0 Å². The van der Waals surface area contributed by atoms with Crippen LogP contribution in [0.25, 0.3) is 0 Å². The van der Waals surface area contributed by atoms with Gasteiger partial charge in [0.1, 0.15) is 17.4 Å². The Kier molecular flexibility index (Phi) is 3.52. The molecule has 0 aromatic rings. The van der Waals surface area contributed by atoms with Gasteiger partial charge >= 0.3 is 0 Å². The second-order valence-electron chi connectivity index (χ2n) is 1.62. The van der Waals surface area contributed by atoms with Gasteiger partial charge in [0.2, 0.25) is 0 Å². The van der Waals surface area contributed by atoms with E-state index in [1.165, 1.54) is 6.92 Å². The molecular formula is C6H6ClNO2. The molecule has 0 aromatic carbocycles. The van der Waals surface area contributed by atoms with Gasteiger partial charge in [-0.05, 0) is 6.92 Å². The smallest absolute Gasteiger partial charge is 0.173 e. The molecule has 0 atom stereocenters. The van der Waals surface area contributed by atoms with E-state index >= 15 is 0 Å². The fourth-order valence-electron chi connectivity index (χ4n) is 0.413. The summed E-state index contributed by atoms with van der Waals surface area (Å²) in [7, 11) is 0. The molecule has 0 aliphatic rings. The number of nitrogens with zero attached hydrogens (tertiary/aromatic N) is 1. The highest BCUT2D eigenvalue weighted by atomic mass is 35.5. The Labute approximate surface area is 63.5 Å². The molecule has 0 saturated heterocycles. The summed E-state index contributed by atoms with van der Waals surface area (Å²) in [5.74, 6) is -1.04. The van der Waals surface area contributed by atoms with Crippen LogP contribution in [-0.4, -0.2) is 16.8 Å². The summed E-state index contributed by atoms with van der Waals surface area (Å²) in [6, 6.07) is 1.55. The zero-order valence-corrected chi connectivity index (χ0v) is 6.14. The Balaban J connectivity index is 4.68. The van der Waals surface area contributed by atoms with Crippen LogP contribution in [0.1, 0.15) is 6.92 Å². The van der Waals surface area contributed by atoms with Crippen molar-refractivity contribution in [3.05, 3.63) is 11.3 Å². The summed E-state index contributed by atoms with van der Waals surface area (Å²) >= 11 is 5.16. The van der Waals surface area contributed by atoms with Crippen molar-refractivity contribution >= 4 is 17.4 Å². The second-order valence-corrected chi connectivity index (χ2v) is 1.89. The third-order valence-electron chi connectivity index (χ3n) is 0.879. The molecule has 0 unspecified atom stereocenters. The van der Waals surface area contributed by atoms with E-state index in [0.717, 1.165) is 0 Å². The summed E-state index contributed by atoms with van der Waals surface area (Å²) in [5.41, 5.74) is -0.269. The highest BCUT2D eigenvalue weighted by Crippen LogP contribution is 2.02. The lowest BCUT2D eigenvalue weighted by molar-refractivity contribution is -0.113. The van der Waals surface area contributed by atoms with Crippen molar-refractivity contribution in [3.8, 4) is 6.07 Å². The number of halogens is 1. The number of ketones is 1. The van der Waals surface area contributed by atoms with Gasteiger partial charge in [-0.3, -0.25) is 4.79 Å². The molecule has 0 saturated carbocycles. The lowest BCUT2D eigenvalue weighted by atomic mass is 10.2. The molecule has 0 heterocycles. The standard InChI is InChI=1S/C6H6ClNO2/c1-4(9)5(3-8)6(10)2-7/h10H,2H2,1H3/b6-5-. The fourth-order valence-corrected chi connectivity index (χ4v) is 0.547. The van der Waals surface area contributed by atoms with Crippen molar-refractivity contribution in [2.24, 2.45) is 0 Å². The minimum atomic E-state index is -0.472. The van der Waals surface area contributed by atoms with Crippen LogP contribution >= 0.6 is 11.6 Å². The van der Waals surface area contributed by atoms with E-state index in [1.54, 1.807) is 6.07 Å². The minimum absolute atomic E-state index is 0.206. The average Bonchev–Trinajstić information content (AvgIpc) is 1.88. The van der Waals surface area contributed by atoms with Crippen molar-refractivity contribution in [2.45, 2.75) is 6.92 Å². The first-order valence-corrected chi connectivity index (χ1v) is 3.06. The largest absolute Gasteiger partial charge is 0.510 e. The van der Waals surface area contributed by atoms with Gasteiger partial charge in [-0.1, -0.05) is 0 Å². The zero-order chi connectivity index (χ0) is 8.15. The van der Waals surface area contributed by atoms with E-state index in [2.05, 4.69) is 0 Å². The van der Waals surface area contributed by atoms with Gasteiger partial charge in [0.05, 0.1) is 5.88 Å². The molecule has 0 spiro atoms. The fraction of sp³-hybridized carbons (Fsp3) is 0.333. The van der Waals surface area contributed by atoms with Crippen LogP contribution in [0, 0.1) is 11.3 Å². The first-order chi connectivity index (χ1) is 4.63. The molecule has 0 bridgehead atoms. The van der Waals surface area contributed by atoms with Crippen molar-refractivity contribution in [3.63, 3.8) is 0 Å². The van der Waals surface area contributed by atoms with Crippen LogP contribution in [-0.2, 0) is 4.79 Å². The van der Waals surface area contributed by atoms with E-state index in [1.807, 2.05) is 0 Å². The van der Waals surface area contributed by atoms with Gasteiger partial charge < -0.3 is 5.11 Å². The monoisotopic (exact) mass is 159 g/mol. The van der Waals surface area contributed by atoms with Gasteiger partial charge in [-0.15, -0.1) is 11.6 Å². The van der Waals surface area contributed by atoms with E-state index in [-0.39, 0.29) is 17.2 Å². The average molecular weight is 160 g/mol. The molecule has 0 amide bonds. The maximum atomic E-state index is 10.5. The van der Waals surface area contributed by atoms with Crippen LogP contribution < -0.4 is 0 Å². The van der Waals surface area contributed by atoms with E-state index in [4.69, 9.17) is 22.0 Å². The number of nitriles is 1. The maximum Gasteiger partial charge on any atom is 0.173 e. The molecular weight excluding hydrogens is 154 g/mol. The van der Waals surface area contributed by atoms with Crippen molar-refractivity contribution in [1.29, 1.82) is 5.26 Å². The van der Waals surface area contributed by atoms with E-state index in [0.29, 0.717) is 0 Å². The predicted octanol–water partition coefficient (Wildman–Crippen LogP) is 1.15. The molecule has 0 aliphatic carbocycles. The molecule has 1 N–H and O–H groups in total. The third-order valence-corrected chi connectivity index (χ3v) is 1.13. The quantitative estimate of drug-likeness (QED) is 0.285. The molecule has 4 heteroatoms. The lowest BCUT2D eigenvalue weighted by Crippen LogP contribution is -1.99. The van der Waals surface area contributed by atoms with Crippen LogP contribution in [0.2, 0.25) is 0 Å². The number of hydrogen-bond donors (Lipinski definition) is 1. The summed E-state index contributed by atoms with van der Waals surface area (Å²) in [5, 5.41) is 17.0. The number of carbonyl (C=O) groups is 1. The molecule has 0 aliphatic heterocycles. The lowest BCUT2D eigenvalue weighted by Gasteiger charge is -1.93. The van der Waals surface area contributed by atoms with Crippen molar-refractivity contribution in [1.82, 2.24) is 0 Å². The molecule has 0 aromatic heterocycles. The number of carbonyl (C=O) groups excluding carboxylic acids is 1. The summed E-state index contributed by atoms with van der Waals surface area (Å²) in [6.07, 6.45) is 0. The molecule has 3 nitrogen and oxygen atoms in total. The number of hydrogen-bond acceptors (Lipinski definition) is 3. The number of allylic oxidation sites excluding steroid dienone is 2. The van der Waals surface area contributed by atoms with Gasteiger partial charge in [0.15, 0.2) is 5.78 Å². The van der Waals surface area contributed by atoms with Gasteiger partial charge in [0.25, 0.3) is 0 Å². The number of rotatable bonds is 2. The summed E-state index contributed by atoms with van der Waals surface area (Å²) in [4.78, 5) is 10.5. The molecule has 54 valence electrons. The van der Waals surface area contributed by atoms with Crippen LogP contribution in [0.15, 0.2) is 11.3 Å². The highest BCUT2D eigenvalue weighted by molar-refractivity contribution is 6.19. The number of aliphatic hydroxyl groups excluding tert-OH is 1. The normalized spacial score (nSPS) is 11.7. The Bertz CT molecular complexity index is 214. The zero-order valence-electron chi connectivity index (χ0n) is 5.39. The van der Waals surface area contributed by atoms with Gasteiger partial charge in [0, 0.05) is 0 Å². The van der Waals surface area contributed by atoms with Crippen LogP contribution in [0.3, 0.4) is 0 Å². The number of alkyl halides is 1. The summed E-state index contributed by atoms with van der Waals surface area (Å²) < 4.78 is 0. The first kappa shape index (κ1) is 8.99. The number of aliphatic hydroxyl groups is 1. The molecule has 0 fully saturated rings. The number of Topliss-reactive ketones (excluding diaryl/α,β-unsaturated/α-hetero) is 1. The molecule has 10 heavy (non-hydrogen) atoms. The Morgan fingerprint density at radius 1 is 1.80 bits per heavy atom. The van der Waals surface area contributed by atoms with E-state index in [9.17, 15) is 4.79 Å². The van der Waals surface area contributed by atoms with Crippen LogP contribution in [0.5, 0.6) is 0 Å². The minimum Gasteiger partial charge on any atom is -0.510 e. The maximum absolute atomic E-state index is 10.5. The predicted molar refractivity (Wildman–Crippen MR) is 36.7 cm³/mol. The van der Waals surface area contributed by atoms with E-state index < -0.39 is 5.78 Å². The highest BCUT2D eigenvalue weighted by Gasteiger charge is 2.07. The SMILES string of the molecule is CC(=O)/C(C#N)=C(\O)CCl. The Morgan fingerprint density at radius 3 is 2.40 bits per heavy atom.